The van der Waals surface area contributed by atoms with E-state index in [9.17, 15) is 9.18 Å². The maximum atomic E-state index is 13.5. The van der Waals surface area contributed by atoms with Gasteiger partial charge in [-0.1, -0.05) is 13.8 Å². The van der Waals surface area contributed by atoms with Crippen LogP contribution in [0.1, 0.15) is 31.1 Å². The van der Waals surface area contributed by atoms with Crippen LogP contribution in [-0.2, 0) is 0 Å². The minimum Gasteiger partial charge on any atom is -0.399 e. The molecule has 1 aromatic rings. The van der Waals surface area contributed by atoms with Crippen LogP contribution in [0.4, 0.5) is 10.1 Å². The van der Waals surface area contributed by atoms with E-state index in [4.69, 9.17) is 5.73 Å². The summed E-state index contributed by atoms with van der Waals surface area (Å²) >= 11 is 0. The first kappa shape index (κ1) is 13.5. The second-order valence-corrected chi connectivity index (χ2v) is 4.64. The maximum Gasteiger partial charge on any atom is 0.256 e. The van der Waals surface area contributed by atoms with Gasteiger partial charge in [0.25, 0.3) is 5.91 Å². The van der Waals surface area contributed by atoms with Crippen molar-refractivity contribution in [2.24, 2.45) is 5.92 Å². The maximum absolute atomic E-state index is 13.5. The minimum absolute atomic E-state index is 0.0278. The SMILES string of the molecule is CC(C)C(C)N(C)C(=O)c1cc(N)ccc1F. The second-order valence-electron chi connectivity index (χ2n) is 4.64. The van der Waals surface area contributed by atoms with Gasteiger partial charge in [-0.15, -0.1) is 0 Å². The average Bonchev–Trinajstić information content (AvgIpc) is 2.29. The van der Waals surface area contributed by atoms with Crippen molar-refractivity contribution >= 4 is 11.6 Å². The fourth-order valence-corrected chi connectivity index (χ4v) is 1.53. The Kier molecular flexibility index (Phi) is 4.10. The lowest BCUT2D eigenvalue weighted by Crippen LogP contribution is -2.38. The fourth-order valence-electron chi connectivity index (χ4n) is 1.53. The molecule has 0 fully saturated rings. The Morgan fingerprint density at radius 2 is 1.94 bits per heavy atom. The number of hydrogen-bond donors (Lipinski definition) is 1. The van der Waals surface area contributed by atoms with Crippen molar-refractivity contribution in [2.45, 2.75) is 26.8 Å². The molecule has 0 heterocycles. The van der Waals surface area contributed by atoms with E-state index < -0.39 is 5.82 Å². The summed E-state index contributed by atoms with van der Waals surface area (Å²) in [6.45, 7) is 5.97. The Labute approximate surface area is 101 Å². The molecule has 0 spiro atoms. The third kappa shape index (κ3) is 2.96. The van der Waals surface area contributed by atoms with Gasteiger partial charge in [0.15, 0.2) is 0 Å². The molecule has 0 saturated carbocycles. The number of hydrogen-bond acceptors (Lipinski definition) is 2. The van der Waals surface area contributed by atoms with E-state index in [0.29, 0.717) is 11.6 Å². The molecule has 94 valence electrons. The number of amides is 1. The zero-order valence-electron chi connectivity index (χ0n) is 10.7. The Balaban J connectivity index is 3.00. The van der Waals surface area contributed by atoms with Crippen LogP contribution in [0.15, 0.2) is 18.2 Å². The molecule has 0 aliphatic heterocycles. The number of halogens is 1. The molecule has 0 aliphatic carbocycles. The van der Waals surface area contributed by atoms with Gasteiger partial charge in [0.2, 0.25) is 0 Å². The summed E-state index contributed by atoms with van der Waals surface area (Å²) in [7, 11) is 1.68. The number of nitrogen functional groups attached to an aromatic ring is 1. The number of nitrogens with zero attached hydrogens (tertiary/aromatic N) is 1. The van der Waals surface area contributed by atoms with Crippen LogP contribution < -0.4 is 5.73 Å². The van der Waals surface area contributed by atoms with Crippen LogP contribution in [0.25, 0.3) is 0 Å². The van der Waals surface area contributed by atoms with E-state index in [2.05, 4.69) is 0 Å². The largest absolute Gasteiger partial charge is 0.399 e. The van der Waals surface area contributed by atoms with E-state index in [0.717, 1.165) is 0 Å². The summed E-state index contributed by atoms with van der Waals surface area (Å²) in [6.07, 6.45) is 0. The summed E-state index contributed by atoms with van der Waals surface area (Å²) in [4.78, 5) is 13.6. The third-order valence-corrected chi connectivity index (χ3v) is 3.12. The molecule has 4 heteroatoms. The molecular formula is C13H19FN2O. The molecule has 1 unspecified atom stereocenters. The molecule has 1 amide bonds. The number of anilines is 1. The zero-order valence-corrected chi connectivity index (χ0v) is 10.7. The predicted octanol–water partition coefficient (Wildman–Crippen LogP) is 2.52. The van der Waals surface area contributed by atoms with Crippen LogP contribution in [0.3, 0.4) is 0 Å². The van der Waals surface area contributed by atoms with Gasteiger partial charge in [0.05, 0.1) is 5.56 Å². The number of carbonyl (C=O) groups is 1. The molecule has 0 aliphatic rings. The number of benzene rings is 1. The lowest BCUT2D eigenvalue weighted by atomic mass is 10.0. The van der Waals surface area contributed by atoms with Crippen molar-refractivity contribution in [3.63, 3.8) is 0 Å². The highest BCUT2D eigenvalue weighted by Crippen LogP contribution is 2.17. The van der Waals surface area contributed by atoms with E-state index in [1.165, 1.54) is 18.2 Å². The standard InChI is InChI=1S/C13H19FN2O/c1-8(2)9(3)16(4)13(17)11-7-10(15)5-6-12(11)14/h5-9H,15H2,1-4H3. The molecule has 2 N–H and O–H groups in total. The normalized spacial score (nSPS) is 12.6. The van der Waals surface area contributed by atoms with Crippen molar-refractivity contribution in [2.75, 3.05) is 12.8 Å². The van der Waals surface area contributed by atoms with Crippen LogP contribution in [0.5, 0.6) is 0 Å². The zero-order chi connectivity index (χ0) is 13.2. The van der Waals surface area contributed by atoms with Crippen molar-refractivity contribution in [3.8, 4) is 0 Å². The molecule has 3 nitrogen and oxygen atoms in total. The van der Waals surface area contributed by atoms with Crippen molar-refractivity contribution in [1.82, 2.24) is 4.90 Å². The summed E-state index contributed by atoms with van der Waals surface area (Å²) in [5.41, 5.74) is 5.98. The summed E-state index contributed by atoms with van der Waals surface area (Å²) in [5, 5.41) is 0. The van der Waals surface area contributed by atoms with Gasteiger partial charge in [-0.2, -0.15) is 0 Å². The van der Waals surface area contributed by atoms with Gasteiger partial charge in [0.1, 0.15) is 5.82 Å². The van der Waals surface area contributed by atoms with Crippen molar-refractivity contribution in [3.05, 3.63) is 29.6 Å². The van der Waals surface area contributed by atoms with E-state index in [-0.39, 0.29) is 17.5 Å². The van der Waals surface area contributed by atoms with Crippen LogP contribution in [0.2, 0.25) is 0 Å². The van der Waals surface area contributed by atoms with Gasteiger partial charge >= 0.3 is 0 Å². The molecule has 1 aromatic carbocycles. The highest BCUT2D eigenvalue weighted by molar-refractivity contribution is 5.95. The minimum atomic E-state index is -0.535. The quantitative estimate of drug-likeness (QED) is 0.822. The smallest absolute Gasteiger partial charge is 0.256 e. The Hall–Kier alpha value is -1.58. The molecular weight excluding hydrogens is 219 g/mol. The molecule has 1 atom stereocenters. The highest BCUT2D eigenvalue weighted by atomic mass is 19.1. The monoisotopic (exact) mass is 238 g/mol. The van der Waals surface area contributed by atoms with E-state index >= 15 is 0 Å². The molecule has 17 heavy (non-hydrogen) atoms. The molecule has 0 aromatic heterocycles. The Morgan fingerprint density at radius 3 is 2.47 bits per heavy atom. The van der Waals surface area contributed by atoms with Gasteiger partial charge in [-0.3, -0.25) is 4.79 Å². The summed E-state index contributed by atoms with van der Waals surface area (Å²) < 4.78 is 13.5. The predicted molar refractivity (Wildman–Crippen MR) is 67.2 cm³/mol. The lowest BCUT2D eigenvalue weighted by molar-refractivity contribution is 0.0702. The summed E-state index contributed by atoms with van der Waals surface area (Å²) in [5.74, 6) is -0.559. The first-order valence-corrected chi connectivity index (χ1v) is 5.66. The molecule has 0 radical (unpaired) electrons. The first-order valence-electron chi connectivity index (χ1n) is 5.66. The number of nitrogens with two attached hydrogens (primary N) is 1. The molecule has 0 bridgehead atoms. The summed E-state index contributed by atoms with van der Waals surface area (Å²) in [6, 6.07) is 4.08. The van der Waals surface area contributed by atoms with Crippen LogP contribution >= 0.6 is 0 Å². The molecule has 1 rings (SSSR count). The first-order chi connectivity index (χ1) is 7.84. The van der Waals surface area contributed by atoms with E-state index in [1.807, 2.05) is 20.8 Å². The lowest BCUT2D eigenvalue weighted by Gasteiger charge is -2.28. The fraction of sp³-hybridized carbons (Fsp3) is 0.462. The van der Waals surface area contributed by atoms with Crippen molar-refractivity contribution < 1.29 is 9.18 Å². The van der Waals surface area contributed by atoms with Gasteiger partial charge in [0, 0.05) is 18.8 Å². The van der Waals surface area contributed by atoms with Crippen molar-refractivity contribution in [1.29, 1.82) is 0 Å². The number of rotatable bonds is 3. The Bertz CT molecular complexity index is 418. The van der Waals surface area contributed by atoms with Gasteiger partial charge in [-0.25, -0.2) is 4.39 Å². The molecule has 0 saturated heterocycles. The Morgan fingerprint density at radius 1 is 1.35 bits per heavy atom. The average molecular weight is 238 g/mol. The van der Waals surface area contributed by atoms with Gasteiger partial charge in [-0.05, 0) is 31.0 Å². The highest BCUT2D eigenvalue weighted by Gasteiger charge is 2.22. The third-order valence-electron chi connectivity index (χ3n) is 3.12. The van der Waals surface area contributed by atoms with Gasteiger partial charge < -0.3 is 10.6 Å². The van der Waals surface area contributed by atoms with Crippen LogP contribution in [0, 0.1) is 11.7 Å². The topological polar surface area (TPSA) is 46.3 Å². The van der Waals surface area contributed by atoms with E-state index in [1.54, 1.807) is 11.9 Å². The second kappa shape index (κ2) is 5.17. The van der Waals surface area contributed by atoms with Crippen LogP contribution in [-0.4, -0.2) is 23.9 Å². The number of carbonyl (C=O) groups excluding carboxylic acids is 1.